The predicted octanol–water partition coefficient (Wildman–Crippen LogP) is 3.06. The monoisotopic (exact) mass is 408 g/mol. The summed E-state index contributed by atoms with van der Waals surface area (Å²) < 4.78 is 33.1. The van der Waals surface area contributed by atoms with Crippen LogP contribution in [0.25, 0.3) is 0 Å². The Balaban J connectivity index is 2.06. The molecule has 2 rings (SSSR count). The first kappa shape index (κ1) is 21.0. The van der Waals surface area contributed by atoms with E-state index in [1.54, 1.807) is 13.0 Å². The van der Waals surface area contributed by atoms with Crippen molar-refractivity contribution in [3.63, 3.8) is 0 Å². The van der Waals surface area contributed by atoms with Gasteiger partial charge in [0.05, 0.1) is 9.92 Å². The van der Waals surface area contributed by atoms with Gasteiger partial charge < -0.3 is 10.1 Å². The SMILES string of the molecule is C=CCNC(=O)COc1ccc(S(=O)(=O)N[C@H](C)c2ccccc2)cc1Cl. The predicted molar refractivity (Wildman–Crippen MR) is 105 cm³/mol. The molecule has 0 spiro atoms. The minimum absolute atomic E-state index is 0.0127. The summed E-state index contributed by atoms with van der Waals surface area (Å²) in [6.45, 7) is 5.35. The molecule has 0 aliphatic heterocycles. The molecule has 2 N–H and O–H groups in total. The zero-order chi connectivity index (χ0) is 19.9. The summed E-state index contributed by atoms with van der Waals surface area (Å²) in [5.41, 5.74) is 0.845. The van der Waals surface area contributed by atoms with Crippen LogP contribution in [0.3, 0.4) is 0 Å². The van der Waals surface area contributed by atoms with Gasteiger partial charge in [-0.3, -0.25) is 4.79 Å². The van der Waals surface area contributed by atoms with E-state index in [0.717, 1.165) is 5.56 Å². The third-order valence-corrected chi connectivity index (χ3v) is 5.48. The van der Waals surface area contributed by atoms with Gasteiger partial charge in [-0.2, -0.15) is 0 Å². The average Bonchev–Trinajstić information content (AvgIpc) is 2.65. The zero-order valence-corrected chi connectivity index (χ0v) is 16.4. The molecule has 8 heteroatoms. The van der Waals surface area contributed by atoms with Gasteiger partial charge in [0, 0.05) is 12.6 Å². The fraction of sp³-hybridized carbons (Fsp3) is 0.211. The minimum atomic E-state index is -3.77. The lowest BCUT2D eigenvalue weighted by atomic mass is 10.1. The molecule has 0 saturated heterocycles. The van der Waals surface area contributed by atoms with E-state index < -0.39 is 16.1 Å². The largest absolute Gasteiger partial charge is 0.482 e. The molecule has 2 aromatic carbocycles. The number of ether oxygens (including phenoxy) is 1. The van der Waals surface area contributed by atoms with Gasteiger partial charge in [0.1, 0.15) is 5.75 Å². The summed E-state index contributed by atoms with van der Waals surface area (Å²) in [7, 11) is -3.77. The van der Waals surface area contributed by atoms with Gasteiger partial charge in [-0.1, -0.05) is 48.0 Å². The van der Waals surface area contributed by atoms with Crippen molar-refractivity contribution in [2.24, 2.45) is 0 Å². The van der Waals surface area contributed by atoms with E-state index in [-0.39, 0.29) is 28.2 Å². The summed E-state index contributed by atoms with van der Waals surface area (Å²) in [6.07, 6.45) is 1.55. The number of amides is 1. The first-order valence-electron chi connectivity index (χ1n) is 8.20. The maximum Gasteiger partial charge on any atom is 0.258 e. The molecule has 1 atom stereocenters. The summed E-state index contributed by atoms with van der Waals surface area (Å²) in [6, 6.07) is 12.9. The number of carbonyl (C=O) groups excluding carboxylic acids is 1. The standard InChI is InChI=1S/C19H21ClN2O4S/c1-3-11-21-19(23)13-26-18-10-9-16(12-17(18)20)27(24,25)22-14(2)15-7-5-4-6-8-15/h3-10,12,14,22H,1,11,13H2,2H3,(H,21,23)/t14-/m1/s1. The Labute approximate surface area is 164 Å². The van der Waals surface area contributed by atoms with Gasteiger partial charge in [0.25, 0.3) is 5.91 Å². The molecule has 0 fully saturated rings. The Morgan fingerprint density at radius 1 is 1.26 bits per heavy atom. The molecule has 0 bridgehead atoms. The van der Waals surface area contributed by atoms with E-state index in [2.05, 4.69) is 16.6 Å². The Kier molecular flexibility index (Phi) is 7.41. The number of hydrogen-bond acceptors (Lipinski definition) is 4. The molecule has 0 heterocycles. The third kappa shape index (κ3) is 6.09. The van der Waals surface area contributed by atoms with Crippen molar-refractivity contribution in [3.05, 3.63) is 71.8 Å². The Morgan fingerprint density at radius 2 is 1.96 bits per heavy atom. The molecule has 0 radical (unpaired) electrons. The number of nitrogens with one attached hydrogen (secondary N) is 2. The molecule has 27 heavy (non-hydrogen) atoms. The first-order valence-corrected chi connectivity index (χ1v) is 10.1. The normalized spacial score (nSPS) is 12.2. The number of halogens is 1. The van der Waals surface area contributed by atoms with Gasteiger partial charge in [0.15, 0.2) is 6.61 Å². The molecule has 0 aliphatic rings. The van der Waals surface area contributed by atoms with E-state index >= 15 is 0 Å². The highest BCUT2D eigenvalue weighted by Gasteiger charge is 2.20. The quantitative estimate of drug-likeness (QED) is 0.624. The number of benzene rings is 2. The van der Waals surface area contributed by atoms with E-state index in [0.29, 0.717) is 6.54 Å². The lowest BCUT2D eigenvalue weighted by Gasteiger charge is -2.15. The molecule has 0 aromatic heterocycles. The number of hydrogen-bond donors (Lipinski definition) is 2. The van der Waals surface area contributed by atoms with Crippen molar-refractivity contribution in [2.75, 3.05) is 13.2 Å². The van der Waals surface area contributed by atoms with Crippen LogP contribution < -0.4 is 14.8 Å². The average molecular weight is 409 g/mol. The summed E-state index contributed by atoms with van der Waals surface area (Å²) in [5.74, 6) is -0.110. The fourth-order valence-corrected chi connectivity index (χ4v) is 3.81. The Hall–Kier alpha value is -2.35. The molecule has 144 valence electrons. The van der Waals surface area contributed by atoms with E-state index in [1.807, 2.05) is 30.3 Å². The van der Waals surface area contributed by atoms with Crippen molar-refractivity contribution in [3.8, 4) is 5.75 Å². The summed E-state index contributed by atoms with van der Waals surface area (Å²) in [5, 5.41) is 2.66. The maximum atomic E-state index is 12.6. The minimum Gasteiger partial charge on any atom is -0.482 e. The maximum absolute atomic E-state index is 12.6. The van der Waals surface area contributed by atoms with Crippen LogP contribution in [0.5, 0.6) is 5.75 Å². The molecule has 0 aliphatic carbocycles. The number of carbonyl (C=O) groups is 1. The van der Waals surface area contributed by atoms with Gasteiger partial charge in [-0.25, -0.2) is 13.1 Å². The highest BCUT2D eigenvalue weighted by atomic mass is 35.5. The highest BCUT2D eigenvalue weighted by molar-refractivity contribution is 7.89. The third-order valence-electron chi connectivity index (χ3n) is 3.65. The Morgan fingerprint density at radius 3 is 2.59 bits per heavy atom. The molecule has 6 nitrogen and oxygen atoms in total. The van der Waals surface area contributed by atoms with Crippen LogP contribution in [-0.4, -0.2) is 27.5 Å². The van der Waals surface area contributed by atoms with Crippen LogP contribution in [0.2, 0.25) is 5.02 Å². The van der Waals surface area contributed by atoms with Crippen molar-refractivity contribution >= 4 is 27.5 Å². The van der Waals surface area contributed by atoms with Crippen LogP contribution in [0.4, 0.5) is 0 Å². The van der Waals surface area contributed by atoms with Crippen LogP contribution >= 0.6 is 11.6 Å². The lowest BCUT2D eigenvalue weighted by molar-refractivity contribution is -0.122. The topological polar surface area (TPSA) is 84.5 Å². The van der Waals surface area contributed by atoms with Crippen LogP contribution in [0.1, 0.15) is 18.5 Å². The molecule has 2 aromatic rings. The van der Waals surface area contributed by atoms with Gasteiger partial charge in [-0.05, 0) is 30.7 Å². The Bertz CT molecular complexity index is 901. The zero-order valence-electron chi connectivity index (χ0n) is 14.8. The molecule has 0 unspecified atom stereocenters. The van der Waals surface area contributed by atoms with Gasteiger partial charge >= 0.3 is 0 Å². The second-order valence-corrected chi connectivity index (χ2v) is 7.85. The van der Waals surface area contributed by atoms with Crippen molar-refractivity contribution < 1.29 is 17.9 Å². The van der Waals surface area contributed by atoms with E-state index in [4.69, 9.17) is 16.3 Å². The van der Waals surface area contributed by atoms with Crippen molar-refractivity contribution in [2.45, 2.75) is 17.9 Å². The molecular formula is C19H21ClN2O4S. The van der Waals surface area contributed by atoms with Gasteiger partial charge in [0.2, 0.25) is 10.0 Å². The number of sulfonamides is 1. The smallest absolute Gasteiger partial charge is 0.258 e. The second kappa shape index (κ2) is 9.55. The highest BCUT2D eigenvalue weighted by Crippen LogP contribution is 2.28. The van der Waals surface area contributed by atoms with Crippen molar-refractivity contribution in [1.82, 2.24) is 10.0 Å². The van der Waals surface area contributed by atoms with Gasteiger partial charge in [-0.15, -0.1) is 6.58 Å². The molecular weight excluding hydrogens is 388 g/mol. The molecule has 0 saturated carbocycles. The van der Waals surface area contributed by atoms with Crippen LogP contribution in [0, 0.1) is 0 Å². The number of rotatable bonds is 9. The fourth-order valence-electron chi connectivity index (χ4n) is 2.26. The summed E-state index contributed by atoms with van der Waals surface area (Å²) in [4.78, 5) is 11.5. The molecule has 1 amide bonds. The van der Waals surface area contributed by atoms with Crippen molar-refractivity contribution in [1.29, 1.82) is 0 Å². The van der Waals surface area contributed by atoms with E-state index in [9.17, 15) is 13.2 Å². The summed E-state index contributed by atoms with van der Waals surface area (Å²) >= 11 is 6.11. The van der Waals surface area contributed by atoms with E-state index in [1.165, 1.54) is 18.2 Å². The first-order chi connectivity index (χ1) is 12.8. The van der Waals surface area contributed by atoms with Crippen LogP contribution in [-0.2, 0) is 14.8 Å². The second-order valence-electron chi connectivity index (χ2n) is 5.73. The van der Waals surface area contributed by atoms with Crippen LogP contribution in [0.15, 0.2) is 66.1 Å². The lowest BCUT2D eigenvalue weighted by Crippen LogP contribution is -2.29.